The van der Waals surface area contributed by atoms with Crippen LogP contribution in [0.25, 0.3) is 11.1 Å². The normalized spacial score (nSPS) is 25.1. The van der Waals surface area contributed by atoms with Gasteiger partial charge in [-0.2, -0.15) is 0 Å². The zero-order valence-corrected chi connectivity index (χ0v) is 18.8. The zero-order chi connectivity index (χ0) is 25.9. The minimum atomic E-state index is -2.60. The van der Waals surface area contributed by atoms with Gasteiger partial charge in [0.25, 0.3) is 5.91 Å². The number of benzene rings is 2. The molecule has 5 rings (SSSR count). The van der Waals surface area contributed by atoms with Gasteiger partial charge in [0.05, 0.1) is 5.56 Å². The topological polar surface area (TPSA) is 187 Å². The number of ketones is 2. The Kier molecular flexibility index (Phi) is 5.22. The van der Waals surface area contributed by atoms with Gasteiger partial charge >= 0.3 is 0 Å². The van der Waals surface area contributed by atoms with Crippen LogP contribution in [0.5, 0.6) is 5.75 Å². The second-order valence-electron chi connectivity index (χ2n) is 9.24. The van der Waals surface area contributed by atoms with Crippen molar-refractivity contribution in [3.63, 3.8) is 0 Å². The van der Waals surface area contributed by atoms with Gasteiger partial charge in [-0.05, 0) is 53.6 Å². The lowest BCUT2D eigenvalue weighted by Crippen LogP contribution is -2.57. The maximum absolute atomic E-state index is 13.6. The summed E-state index contributed by atoms with van der Waals surface area (Å²) in [5, 5.41) is 45.8. The van der Waals surface area contributed by atoms with Crippen molar-refractivity contribution in [2.75, 3.05) is 5.32 Å². The predicted octanol–water partition coefficient (Wildman–Crippen LogP) is 1.82. The first kappa shape index (κ1) is 23.3. The van der Waals surface area contributed by atoms with Gasteiger partial charge in [0.15, 0.2) is 11.4 Å². The van der Waals surface area contributed by atoms with Gasteiger partial charge in [-0.15, -0.1) is 0 Å². The Balaban J connectivity index is 1.67. The summed E-state index contributed by atoms with van der Waals surface area (Å²) in [6.07, 6.45) is 0.479. The summed E-state index contributed by atoms with van der Waals surface area (Å²) in [5.74, 6) is -6.70. The summed E-state index contributed by atoms with van der Waals surface area (Å²) in [6, 6.07) is 9.89. The van der Waals surface area contributed by atoms with Crippen molar-refractivity contribution in [2.24, 2.45) is 17.6 Å². The molecule has 10 nitrogen and oxygen atoms in total. The monoisotopic (exact) mass is 490 g/mol. The number of hydrogen-bond donors (Lipinski definition) is 6. The summed E-state index contributed by atoms with van der Waals surface area (Å²) in [6.45, 7) is 0. The molecule has 1 unspecified atom stereocenters. The standard InChI is InChI=1S/C26H22N2O8/c27-25(35)21-18(31)9-13-6-12-8-16-15(11-2-1-3-14(7-11)28-10-29)4-5-17(30)20(16)22(32)19(12)23(33)26(13,36)24(21)34/h1-5,7,10,12-13,30-31,33,36H,6,8-9H2,(H2,27,35)(H,28,29)/t12?,13-,26-/m0/s1. The zero-order valence-electron chi connectivity index (χ0n) is 18.8. The molecule has 0 spiro atoms. The number of nitrogens with two attached hydrogens (primary N) is 1. The van der Waals surface area contributed by atoms with E-state index < -0.39 is 52.0 Å². The molecule has 2 aromatic rings. The summed E-state index contributed by atoms with van der Waals surface area (Å²) in [4.78, 5) is 49.2. The Bertz CT molecular complexity index is 1440. The van der Waals surface area contributed by atoms with Crippen molar-refractivity contribution in [3.05, 3.63) is 70.2 Å². The van der Waals surface area contributed by atoms with E-state index in [1.807, 2.05) is 0 Å². The molecule has 0 saturated carbocycles. The number of aliphatic hydroxyl groups is 3. The third-order valence-electron chi connectivity index (χ3n) is 7.34. The third kappa shape index (κ3) is 3.14. The number of primary amides is 1. The summed E-state index contributed by atoms with van der Waals surface area (Å²) < 4.78 is 0. The highest BCUT2D eigenvalue weighted by atomic mass is 16.3. The number of phenolic OH excluding ortho intramolecular Hbond substituents is 1. The average molecular weight is 490 g/mol. The van der Waals surface area contributed by atoms with E-state index in [1.165, 1.54) is 6.07 Å². The number of nitrogens with one attached hydrogen (secondary N) is 1. The maximum Gasteiger partial charge on any atom is 0.255 e. The minimum absolute atomic E-state index is 0.0464. The van der Waals surface area contributed by atoms with Crippen LogP contribution >= 0.6 is 0 Å². The molecular weight excluding hydrogens is 468 g/mol. The van der Waals surface area contributed by atoms with Crippen molar-refractivity contribution in [1.29, 1.82) is 0 Å². The van der Waals surface area contributed by atoms with E-state index >= 15 is 0 Å². The van der Waals surface area contributed by atoms with Gasteiger partial charge in [-0.25, -0.2) is 0 Å². The Morgan fingerprint density at radius 3 is 2.56 bits per heavy atom. The number of aromatic hydroxyl groups is 1. The van der Waals surface area contributed by atoms with Crippen LogP contribution in [0.3, 0.4) is 0 Å². The van der Waals surface area contributed by atoms with Crippen LogP contribution in [0.1, 0.15) is 28.8 Å². The van der Waals surface area contributed by atoms with Crippen LogP contribution in [0, 0.1) is 11.8 Å². The number of amides is 2. The molecule has 10 heteroatoms. The number of anilines is 1. The second-order valence-corrected chi connectivity index (χ2v) is 9.24. The maximum atomic E-state index is 13.6. The number of allylic oxidation sites excluding steroid dienone is 2. The minimum Gasteiger partial charge on any atom is -0.511 e. The number of carbonyl (C=O) groups excluding carboxylic acids is 4. The number of Topliss-reactive ketones (excluding diaryl/α,β-unsaturated/α-hetero) is 2. The van der Waals surface area contributed by atoms with Gasteiger partial charge < -0.3 is 31.5 Å². The molecule has 3 atom stereocenters. The number of carbonyl (C=O) groups is 4. The first-order valence-electron chi connectivity index (χ1n) is 11.2. The predicted molar refractivity (Wildman–Crippen MR) is 126 cm³/mol. The Hall–Kier alpha value is -4.44. The molecule has 0 radical (unpaired) electrons. The largest absolute Gasteiger partial charge is 0.511 e. The lowest BCUT2D eigenvalue weighted by Gasteiger charge is -2.45. The summed E-state index contributed by atoms with van der Waals surface area (Å²) in [7, 11) is 0. The van der Waals surface area contributed by atoms with Crippen LogP contribution < -0.4 is 11.1 Å². The van der Waals surface area contributed by atoms with Gasteiger partial charge in [0, 0.05) is 23.6 Å². The van der Waals surface area contributed by atoms with Gasteiger partial charge in [-0.3, -0.25) is 19.2 Å². The third-order valence-corrected chi connectivity index (χ3v) is 7.34. The molecule has 0 saturated heterocycles. The molecule has 7 N–H and O–H groups in total. The SMILES string of the molecule is NC(=O)C1=C(O)C[C@@H]2CC3Cc4c(-c5cccc(NC=O)c5)ccc(O)c4C(=O)C3=C(O)[C@]2(O)C1=O. The number of phenols is 1. The first-order chi connectivity index (χ1) is 17.1. The van der Waals surface area contributed by atoms with Crippen LogP contribution in [-0.4, -0.2) is 49.9 Å². The van der Waals surface area contributed by atoms with Crippen molar-refractivity contribution in [2.45, 2.75) is 24.9 Å². The quantitative estimate of drug-likeness (QED) is 0.276. The van der Waals surface area contributed by atoms with Gasteiger partial charge in [0.2, 0.25) is 12.2 Å². The molecule has 2 aromatic carbocycles. The fraction of sp³-hybridized carbons (Fsp3) is 0.231. The smallest absolute Gasteiger partial charge is 0.255 e. The van der Waals surface area contributed by atoms with E-state index in [0.29, 0.717) is 28.8 Å². The van der Waals surface area contributed by atoms with Crippen LogP contribution in [0.15, 0.2) is 59.1 Å². The first-order valence-corrected chi connectivity index (χ1v) is 11.2. The second kappa shape index (κ2) is 8.06. The lowest BCUT2D eigenvalue weighted by atomic mass is 9.60. The Morgan fingerprint density at radius 1 is 1.11 bits per heavy atom. The van der Waals surface area contributed by atoms with E-state index in [0.717, 1.165) is 0 Å². The van der Waals surface area contributed by atoms with Crippen molar-refractivity contribution in [3.8, 4) is 16.9 Å². The molecular formula is C26H22N2O8. The molecule has 0 aliphatic heterocycles. The average Bonchev–Trinajstić information content (AvgIpc) is 2.81. The van der Waals surface area contributed by atoms with Gasteiger partial charge in [0.1, 0.15) is 22.8 Å². The molecule has 184 valence electrons. The van der Waals surface area contributed by atoms with Crippen molar-refractivity contribution >= 4 is 29.6 Å². The molecule has 0 bridgehead atoms. The fourth-order valence-corrected chi connectivity index (χ4v) is 5.73. The van der Waals surface area contributed by atoms with E-state index in [-0.39, 0.29) is 36.1 Å². The van der Waals surface area contributed by atoms with E-state index in [1.54, 1.807) is 30.3 Å². The highest BCUT2D eigenvalue weighted by Gasteiger charge is 2.59. The molecule has 0 fully saturated rings. The van der Waals surface area contributed by atoms with Crippen LogP contribution in [-0.2, 0) is 20.8 Å². The molecule has 0 heterocycles. The highest BCUT2D eigenvalue weighted by Crippen LogP contribution is 2.52. The fourth-order valence-electron chi connectivity index (χ4n) is 5.73. The number of rotatable bonds is 4. The lowest BCUT2D eigenvalue weighted by molar-refractivity contribution is -0.144. The Morgan fingerprint density at radius 2 is 1.86 bits per heavy atom. The number of aliphatic hydroxyl groups excluding tert-OH is 2. The Labute approximate surface area is 204 Å². The van der Waals surface area contributed by atoms with Crippen molar-refractivity contribution < 1.29 is 39.6 Å². The summed E-state index contributed by atoms with van der Waals surface area (Å²) in [5.41, 5.74) is 3.85. The molecule has 3 aliphatic carbocycles. The molecule has 36 heavy (non-hydrogen) atoms. The van der Waals surface area contributed by atoms with Crippen LogP contribution in [0.2, 0.25) is 0 Å². The summed E-state index contributed by atoms with van der Waals surface area (Å²) >= 11 is 0. The number of hydrogen-bond acceptors (Lipinski definition) is 8. The van der Waals surface area contributed by atoms with Crippen LogP contribution in [0.4, 0.5) is 5.69 Å². The molecule has 2 amide bonds. The highest BCUT2D eigenvalue weighted by molar-refractivity contribution is 6.24. The van der Waals surface area contributed by atoms with E-state index in [9.17, 15) is 39.6 Å². The number of fused-ring (bicyclic) bond motifs is 3. The molecule has 0 aromatic heterocycles. The van der Waals surface area contributed by atoms with E-state index in [4.69, 9.17) is 5.73 Å². The van der Waals surface area contributed by atoms with E-state index in [2.05, 4.69) is 5.32 Å². The van der Waals surface area contributed by atoms with Gasteiger partial charge in [-0.1, -0.05) is 18.2 Å². The molecule has 3 aliphatic rings. The van der Waals surface area contributed by atoms with Crippen molar-refractivity contribution in [1.82, 2.24) is 0 Å².